The van der Waals surface area contributed by atoms with Gasteiger partial charge in [-0.25, -0.2) is 8.42 Å². The summed E-state index contributed by atoms with van der Waals surface area (Å²) in [6, 6.07) is 2.12. The standard InChI is InChI=1S/C12H14N2O6S/c1-19-11-5-9(10(14(15)16)6-12(11)20-2)13-8-3-4-21(17,18)7-8/h3-6,8,13H,7H2,1-2H3. The van der Waals surface area contributed by atoms with Crippen molar-refractivity contribution in [2.75, 3.05) is 25.3 Å². The van der Waals surface area contributed by atoms with Crippen molar-refractivity contribution in [1.29, 1.82) is 0 Å². The summed E-state index contributed by atoms with van der Waals surface area (Å²) in [5.41, 5.74) is -0.0465. The fourth-order valence-electron chi connectivity index (χ4n) is 2.00. The molecule has 8 nitrogen and oxygen atoms in total. The molecule has 9 heteroatoms. The Kier molecular flexibility index (Phi) is 4.03. The molecule has 0 spiro atoms. The lowest BCUT2D eigenvalue weighted by Crippen LogP contribution is -2.21. The highest BCUT2D eigenvalue weighted by Crippen LogP contribution is 2.38. The van der Waals surface area contributed by atoms with Crippen LogP contribution in [-0.2, 0) is 9.84 Å². The molecule has 0 saturated carbocycles. The first-order chi connectivity index (χ1) is 9.86. The zero-order valence-corrected chi connectivity index (χ0v) is 12.2. The Morgan fingerprint density at radius 1 is 1.29 bits per heavy atom. The Labute approximate surface area is 121 Å². The van der Waals surface area contributed by atoms with Gasteiger partial charge in [-0.1, -0.05) is 6.08 Å². The van der Waals surface area contributed by atoms with E-state index in [1.54, 1.807) is 0 Å². The molecule has 0 fully saturated rings. The molecule has 21 heavy (non-hydrogen) atoms. The van der Waals surface area contributed by atoms with Gasteiger partial charge in [0.15, 0.2) is 21.3 Å². The number of hydrogen-bond acceptors (Lipinski definition) is 7. The van der Waals surface area contributed by atoms with Crippen LogP contribution in [0.2, 0.25) is 0 Å². The summed E-state index contributed by atoms with van der Waals surface area (Å²) in [6.45, 7) is 0. The van der Waals surface area contributed by atoms with E-state index in [0.29, 0.717) is 5.75 Å². The van der Waals surface area contributed by atoms with Gasteiger partial charge in [-0.05, 0) is 0 Å². The molecule has 0 aliphatic carbocycles. The summed E-state index contributed by atoms with van der Waals surface area (Å²) in [6.07, 6.45) is 1.45. The lowest BCUT2D eigenvalue weighted by atomic mass is 10.2. The van der Waals surface area contributed by atoms with E-state index in [4.69, 9.17) is 9.47 Å². The number of hydrogen-bond donors (Lipinski definition) is 1. The van der Waals surface area contributed by atoms with Crippen LogP contribution in [0, 0.1) is 10.1 Å². The number of rotatable bonds is 5. The molecule has 1 atom stereocenters. The van der Waals surface area contributed by atoms with Gasteiger partial charge < -0.3 is 14.8 Å². The molecule has 1 unspecified atom stereocenters. The van der Waals surface area contributed by atoms with Crippen LogP contribution in [0.15, 0.2) is 23.6 Å². The summed E-state index contributed by atoms with van der Waals surface area (Å²) in [5.74, 6) is 0.401. The maximum atomic E-state index is 11.4. The van der Waals surface area contributed by atoms with Crippen LogP contribution in [0.4, 0.5) is 11.4 Å². The van der Waals surface area contributed by atoms with E-state index < -0.39 is 20.8 Å². The molecule has 0 amide bonds. The van der Waals surface area contributed by atoms with Crippen LogP contribution in [0.1, 0.15) is 0 Å². The van der Waals surface area contributed by atoms with E-state index >= 15 is 0 Å². The number of nitro benzene ring substituents is 1. The minimum absolute atomic E-state index is 0.140. The Balaban J connectivity index is 2.38. The van der Waals surface area contributed by atoms with Crippen molar-refractivity contribution in [3.8, 4) is 11.5 Å². The molecule has 0 bridgehead atoms. The molecule has 0 radical (unpaired) electrons. The van der Waals surface area contributed by atoms with Crippen LogP contribution >= 0.6 is 0 Å². The third-order valence-electron chi connectivity index (χ3n) is 2.97. The van der Waals surface area contributed by atoms with E-state index in [1.807, 2.05) is 0 Å². The van der Waals surface area contributed by atoms with Crippen molar-refractivity contribution in [2.24, 2.45) is 0 Å². The number of nitro groups is 1. The summed E-state index contributed by atoms with van der Waals surface area (Å²) in [7, 11) is -0.460. The van der Waals surface area contributed by atoms with E-state index in [2.05, 4.69) is 5.32 Å². The van der Waals surface area contributed by atoms with Gasteiger partial charge in [0.2, 0.25) is 0 Å². The van der Waals surface area contributed by atoms with E-state index in [1.165, 1.54) is 32.4 Å². The average Bonchev–Trinajstić information content (AvgIpc) is 2.77. The molecule has 1 aliphatic heterocycles. The van der Waals surface area contributed by atoms with Crippen molar-refractivity contribution >= 4 is 21.2 Å². The first-order valence-electron chi connectivity index (χ1n) is 5.94. The van der Waals surface area contributed by atoms with Gasteiger partial charge in [0.1, 0.15) is 5.69 Å². The SMILES string of the molecule is COc1cc(NC2C=CS(=O)(=O)C2)c([N+](=O)[O-])cc1OC. The molecular weight excluding hydrogens is 300 g/mol. The second kappa shape index (κ2) is 5.60. The minimum atomic E-state index is -3.25. The third-order valence-corrected chi connectivity index (χ3v) is 4.37. The first kappa shape index (κ1) is 15.1. The Bertz CT molecular complexity index is 698. The van der Waals surface area contributed by atoms with Crippen molar-refractivity contribution in [1.82, 2.24) is 0 Å². The predicted octanol–water partition coefficient (Wildman–Crippen LogP) is 1.33. The number of sulfone groups is 1. The Morgan fingerprint density at radius 3 is 2.38 bits per heavy atom. The lowest BCUT2D eigenvalue weighted by Gasteiger charge is -2.14. The second-order valence-electron chi connectivity index (χ2n) is 4.39. The van der Waals surface area contributed by atoms with Gasteiger partial charge >= 0.3 is 0 Å². The molecule has 0 aromatic heterocycles. The van der Waals surface area contributed by atoms with Gasteiger partial charge in [0.25, 0.3) is 5.69 Å². The number of benzene rings is 1. The van der Waals surface area contributed by atoms with Crippen molar-refractivity contribution < 1.29 is 22.8 Å². The zero-order valence-electron chi connectivity index (χ0n) is 11.4. The fraction of sp³-hybridized carbons (Fsp3) is 0.333. The number of nitrogens with one attached hydrogen (secondary N) is 1. The van der Waals surface area contributed by atoms with Crippen LogP contribution in [0.3, 0.4) is 0 Å². The predicted molar refractivity (Wildman–Crippen MR) is 76.5 cm³/mol. The Morgan fingerprint density at radius 2 is 1.90 bits per heavy atom. The molecule has 1 aliphatic rings. The first-order valence-corrected chi connectivity index (χ1v) is 7.65. The molecule has 1 heterocycles. The fourth-order valence-corrected chi connectivity index (χ4v) is 3.24. The maximum absolute atomic E-state index is 11.4. The lowest BCUT2D eigenvalue weighted by molar-refractivity contribution is -0.384. The van der Waals surface area contributed by atoms with Gasteiger partial charge in [0.05, 0.1) is 37.0 Å². The van der Waals surface area contributed by atoms with E-state index in [0.717, 1.165) is 5.41 Å². The smallest absolute Gasteiger partial charge is 0.296 e. The van der Waals surface area contributed by atoms with Crippen molar-refractivity contribution in [3.05, 3.63) is 33.7 Å². The maximum Gasteiger partial charge on any atom is 0.296 e. The molecule has 114 valence electrons. The summed E-state index contributed by atoms with van der Waals surface area (Å²) >= 11 is 0. The summed E-state index contributed by atoms with van der Waals surface area (Å²) in [5, 5.41) is 15.0. The number of anilines is 1. The van der Waals surface area contributed by atoms with E-state index in [-0.39, 0.29) is 22.9 Å². The van der Waals surface area contributed by atoms with E-state index in [9.17, 15) is 18.5 Å². The van der Waals surface area contributed by atoms with Crippen molar-refractivity contribution in [3.63, 3.8) is 0 Å². The number of methoxy groups -OCH3 is 2. The van der Waals surface area contributed by atoms with Gasteiger partial charge in [-0.2, -0.15) is 0 Å². The zero-order chi connectivity index (χ0) is 15.6. The monoisotopic (exact) mass is 314 g/mol. The van der Waals surface area contributed by atoms with Crippen molar-refractivity contribution in [2.45, 2.75) is 6.04 Å². The average molecular weight is 314 g/mol. The number of nitrogens with zero attached hydrogens (tertiary/aromatic N) is 1. The highest BCUT2D eigenvalue weighted by atomic mass is 32.2. The quantitative estimate of drug-likeness (QED) is 0.645. The molecular formula is C12H14N2O6S. The summed E-state index contributed by atoms with van der Waals surface area (Å²) in [4.78, 5) is 10.6. The molecule has 0 saturated heterocycles. The van der Waals surface area contributed by atoms with Crippen LogP contribution in [-0.4, -0.2) is 39.4 Å². The van der Waals surface area contributed by atoms with Crippen LogP contribution < -0.4 is 14.8 Å². The minimum Gasteiger partial charge on any atom is -0.493 e. The van der Waals surface area contributed by atoms with Gasteiger partial charge in [-0.15, -0.1) is 0 Å². The van der Waals surface area contributed by atoms with Gasteiger partial charge in [0, 0.05) is 11.5 Å². The molecule has 1 aromatic carbocycles. The number of ether oxygens (including phenoxy) is 2. The highest BCUT2D eigenvalue weighted by molar-refractivity contribution is 7.94. The Hall–Kier alpha value is -2.29. The summed E-state index contributed by atoms with van der Waals surface area (Å²) < 4.78 is 32.8. The topological polar surface area (TPSA) is 108 Å². The van der Waals surface area contributed by atoms with Crippen LogP contribution in [0.25, 0.3) is 0 Å². The van der Waals surface area contributed by atoms with Gasteiger partial charge in [-0.3, -0.25) is 10.1 Å². The molecule has 1 N–H and O–H groups in total. The normalized spacial score (nSPS) is 19.2. The third kappa shape index (κ3) is 3.24. The molecule has 1 aromatic rings. The van der Waals surface area contributed by atoms with Crippen LogP contribution in [0.5, 0.6) is 11.5 Å². The molecule has 2 rings (SSSR count). The highest BCUT2D eigenvalue weighted by Gasteiger charge is 2.26. The largest absolute Gasteiger partial charge is 0.493 e. The second-order valence-corrected chi connectivity index (χ2v) is 6.32.